The van der Waals surface area contributed by atoms with Crippen LogP contribution in [0.2, 0.25) is 5.02 Å². The van der Waals surface area contributed by atoms with Crippen LogP contribution in [0.1, 0.15) is 10.4 Å². The number of carbonyl (C=O) groups excluding carboxylic acids is 1. The van der Waals surface area contributed by atoms with Crippen molar-refractivity contribution in [2.45, 2.75) is 6.18 Å². The van der Waals surface area contributed by atoms with Crippen LogP contribution in [-0.2, 0) is 0 Å². The van der Waals surface area contributed by atoms with E-state index in [1.54, 1.807) is 0 Å². The number of nitrogen functional groups attached to an aromatic ring is 1. The first-order valence-corrected chi connectivity index (χ1v) is 4.40. The third-order valence-corrected chi connectivity index (χ3v) is 2.13. The predicted octanol–water partition coefficient (Wildman–Crippen LogP) is 2.68. The summed E-state index contributed by atoms with van der Waals surface area (Å²) < 4.78 is 41.4. The van der Waals surface area contributed by atoms with E-state index in [-0.39, 0.29) is 16.5 Å². The molecule has 0 aliphatic rings. The summed E-state index contributed by atoms with van der Waals surface area (Å²) in [5.41, 5.74) is 4.21. The van der Waals surface area contributed by atoms with Crippen molar-refractivity contribution in [3.63, 3.8) is 0 Å². The van der Waals surface area contributed by atoms with Crippen LogP contribution in [0.5, 0.6) is 5.75 Å². The molecule has 0 spiro atoms. The number of rotatable bonds is 2. The summed E-state index contributed by atoms with van der Waals surface area (Å²) in [6.07, 6.45) is -5.02. The summed E-state index contributed by atoms with van der Waals surface area (Å²) in [6, 6.07) is 2.37. The molecule has 7 heteroatoms. The lowest BCUT2D eigenvalue weighted by Gasteiger charge is -2.13. The summed E-state index contributed by atoms with van der Waals surface area (Å²) >= 11 is 5.60. The number of anilines is 1. The van der Waals surface area contributed by atoms with Crippen molar-refractivity contribution in [3.8, 4) is 5.75 Å². The Balaban J connectivity index is 3.43. The van der Waals surface area contributed by atoms with Crippen molar-refractivity contribution in [1.29, 1.82) is 0 Å². The minimum atomic E-state index is -5.02. The molecule has 0 amide bonds. The van der Waals surface area contributed by atoms with Crippen molar-refractivity contribution in [3.05, 3.63) is 22.7 Å². The second-order valence-electron chi connectivity index (χ2n) is 2.87. The fourth-order valence-corrected chi connectivity index (χ4v) is 1.38. The van der Waals surface area contributed by atoms with Crippen LogP contribution in [0.15, 0.2) is 12.1 Å². The molecule has 0 aromatic heterocycles. The third kappa shape index (κ3) is 2.21. The van der Waals surface area contributed by atoms with Crippen molar-refractivity contribution in [2.75, 3.05) is 12.8 Å². The number of methoxy groups -OCH3 is 1. The molecule has 16 heavy (non-hydrogen) atoms. The SMILES string of the molecule is COc1c(Cl)ccc(N)c1C(=O)C(F)(F)F. The number of ketones is 1. The van der Waals surface area contributed by atoms with Gasteiger partial charge in [0.1, 0.15) is 0 Å². The lowest BCUT2D eigenvalue weighted by atomic mass is 10.1. The monoisotopic (exact) mass is 253 g/mol. The van der Waals surface area contributed by atoms with Gasteiger partial charge in [0.15, 0.2) is 5.75 Å². The number of carbonyl (C=O) groups is 1. The standard InChI is InChI=1S/C9H7ClF3NO2/c1-16-7-4(10)2-3-5(14)6(7)8(15)9(11,12)13/h2-3H,14H2,1H3. The van der Waals surface area contributed by atoms with Crippen LogP contribution in [-0.4, -0.2) is 19.1 Å². The van der Waals surface area contributed by atoms with Gasteiger partial charge in [-0.2, -0.15) is 13.2 Å². The predicted molar refractivity (Wildman–Crippen MR) is 52.8 cm³/mol. The normalized spacial score (nSPS) is 11.3. The van der Waals surface area contributed by atoms with E-state index in [1.165, 1.54) is 6.07 Å². The van der Waals surface area contributed by atoms with Gasteiger partial charge >= 0.3 is 6.18 Å². The molecular formula is C9H7ClF3NO2. The molecule has 1 aromatic carbocycles. The van der Waals surface area contributed by atoms with Crippen LogP contribution >= 0.6 is 11.6 Å². The average molecular weight is 254 g/mol. The molecule has 0 radical (unpaired) electrons. The summed E-state index contributed by atoms with van der Waals surface area (Å²) in [5.74, 6) is -2.45. The van der Waals surface area contributed by atoms with E-state index in [1.807, 2.05) is 0 Å². The number of nitrogens with two attached hydrogens (primary N) is 1. The van der Waals surface area contributed by atoms with Gasteiger partial charge in [-0.1, -0.05) is 11.6 Å². The Labute approximate surface area is 93.9 Å². The zero-order valence-electron chi connectivity index (χ0n) is 8.06. The van der Waals surface area contributed by atoms with Gasteiger partial charge in [-0.3, -0.25) is 4.79 Å². The second-order valence-corrected chi connectivity index (χ2v) is 3.28. The fourth-order valence-electron chi connectivity index (χ4n) is 1.15. The molecular weight excluding hydrogens is 247 g/mol. The largest absolute Gasteiger partial charge is 0.494 e. The Bertz CT molecular complexity index is 431. The maximum atomic E-state index is 12.3. The lowest BCUT2D eigenvalue weighted by molar-refractivity contribution is -0.0886. The quantitative estimate of drug-likeness (QED) is 0.651. The first kappa shape index (κ1) is 12.6. The summed E-state index contributed by atoms with van der Waals surface area (Å²) in [4.78, 5) is 11.1. The number of benzene rings is 1. The average Bonchev–Trinajstić information content (AvgIpc) is 2.18. The number of hydrogen-bond acceptors (Lipinski definition) is 3. The van der Waals surface area contributed by atoms with Crippen LogP contribution in [0, 0.1) is 0 Å². The number of Topliss-reactive ketones (excluding diaryl/α,β-unsaturated/α-hetero) is 1. The van der Waals surface area contributed by atoms with Gasteiger partial charge in [0.2, 0.25) is 0 Å². The van der Waals surface area contributed by atoms with Gasteiger partial charge in [0.05, 0.1) is 17.7 Å². The van der Waals surface area contributed by atoms with Gasteiger partial charge in [-0.15, -0.1) is 0 Å². The van der Waals surface area contributed by atoms with Crippen LogP contribution < -0.4 is 10.5 Å². The second kappa shape index (κ2) is 4.21. The van der Waals surface area contributed by atoms with Gasteiger partial charge in [0.25, 0.3) is 5.78 Å². The molecule has 2 N–H and O–H groups in total. The highest BCUT2D eigenvalue weighted by atomic mass is 35.5. The Hall–Kier alpha value is -1.43. The van der Waals surface area contributed by atoms with E-state index in [0.717, 1.165) is 13.2 Å². The zero-order valence-corrected chi connectivity index (χ0v) is 8.82. The van der Waals surface area contributed by atoms with E-state index < -0.39 is 17.5 Å². The number of halogens is 4. The molecule has 1 aromatic rings. The van der Waals surface area contributed by atoms with Crippen LogP contribution in [0.25, 0.3) is 0 Å². The molecule has 0 unspecified atom stereocenters. The minimum absolute atomic E-state index is 0.107. The maximum absolute atomic E-state index is 12.3. The molecule has 0 aliphatic carbocycles. The Morgan fingerprint density at radius 3 is 2.44 bits per heavy atom. The van der Waals surface area contributed by atoms with E-state index in [9.17, 15) is 18.0 Å². The summed E-state index contributed by atoms with van der Waals surface area (Å²) in [5, 5.41) is -0.107. The summed E-state index contributed by atoms with van der Waals surface area (Å²) in [6.45, 7) is 0. The molecule has 0 saturated carbocycles. The first-order valence-electron chi connectivity index (χ1n) is 4.02. The fraction of sp³-hybridized carbons (Fsp3) is 0.222. The number of alkyl halides is 3. The highest BCUT2D eigenvalue weighted by Gasteiger charge is 2.42. The Morgan fingerprint density at radius 2 is 2.00 bits per heavy atom. The van der Waals surface area contributed by atoms with Crippen molar-refractivity contribution in [2.24, 2.45) is 0 Å². The smallest absolute Gasteiger partial charge is 0.455 e. The van der Waals surface area contributed by atoms with Gasteiger partial charge in [0, 0.05) is 5.69 Å². The molecule has 0 atom stereocenters. The highest BCUT2D eigenvalue weighted by Crippen LogP contribution is 2.36. The van der Waals surface area contributed by atoms with Crippen molar-refractivity contribution in [1.82, 2.24) is 0 Å². The minimum Gasteiger partial charge on any atom is -0.494 e. The summed E-state index contributed by atoms with van der Waals surface area (Å²) in [7, 11) is 1.10. The number of ether oxygens (including phenoxy) is 1. The van der Waals surface area contributed by atoms with E-state index in [0.29, 0.717) is 0 Å². The Morgan fingerprint density at radius 1 is 1.44 bits per heavy atom. The van der Waals surface area contributed by atoms with Gasteiger partial charge in [-0.25, -0.2) is 0 Å². The van der Waals surface area contributed by atoms with Crippen molar-refractivity contribution < 1.29 is 22.7 Å². The molecule has 0 aliphatic heterocycles. The van der Waals surface area contributed by atoms with E-state index in [2.05, 4.69) is 4.74 Å². The molecule has 1 rings (SSSR count). The molecule has 0 heterocycles. The van der Waals surface area contributed by atoms with E-state index in [4.69, 9.17) is 17.3 Å². The van der Waals surface area contributed by atoms with Gasteiger partial charge < -0.3 is 10.5 Å². The maximum Gasteiger partial charge on any atom is 0.455 e. The first-order chi connectivity index (χ1) is 7.29. The lowest BCUT2D eigenvalue weighted by Crippen LogP contribution is -2.24. The molecule has 0 bridgehead atoms. The highest BCUT2D eigenvalue weighted by molar-refractivity contribution is 6.33. The molecule has 88 valence electrons. The topological polar surface area (TPSA) is 52.3 Å². The Kier molecular flexibility index (Phi) is 3.32. The molecule has 0 saturated heterocycles. The number of hydrogen-bond donors (Lipinski definition) is 1. The van der Waals surface area contributed by atoms with Crippen molar-refractivity contribution >= 4 is 23.1 Å². The van der Waals surface area contributed by atoms with E-state index >= 15 is 0 Å². The molecule has 3 nitrogen and oxygen atoms in total. The third-order valence-electron chi connectivity index (χ3n) is 1.83. The van der Waals surface area contributed by atoms with Crippen LogP contribution in [0.3, 0.4) is 0 Å². The van der Waals surface area contributed by atoms with Gasteiger partial charge in [-0.05, 0) is 12.1 Å². The van der Waals surface area contributed by atoms with Crippen LogP contribution in [0.4, 0.5) is 18.9 Å². The zero-order chi connectivity index (χ0) is 12.5. The molecule has 0 fully saturated rings.